The number of hydrogen-bond acceptors (Lipinski definition) is 6. The molecule has 0 aliphatic carbocycles. The molecule has 3 rings (SSSR count). The number of anilines is 1. The summed E-state index contributed by atoms with van der Waals surface area (Å²) in [6.07, 6.45) is 5.14. The van der Waals surface area contributed by atoms with Gasteiger partial charge in [-0.25, -0.2) is 9.97 Å². The van der Waals surface area contributed by atoms with Crippen LogP contribution in [0.1, 0.15) is 19.8 Å². The SMILES string of the molecule is CC(C(=O)N1CCN(c2ncccn2)CC1)N1CCC(C(=O)N(C)C)CC1. The number of piperidine rings is 1. The van der Waals surface area contributed by atoms with E-state index in [9.17, 15) is 9.59 Å². The van der Waals surface area contributed by atoms with Gasteiger partial charge in [0, 0.05) is 58.6 Å². The molecule has 3 heterocycles. The lowest BCUT2D eigenvalue weighted by atomic mass is 9.94. The van der Waals surface area contributed by atoms with Crippen molar-refractivity contribution in [3.63, 3.8) is 0 Å². The van der Waals surface area contributed by atoms with E-state index in [0.29, 0.717) is 13.1 Å². The van der Waals surface area contributed by atoms with Gasteiger partial charge in [-0.15, -0.1) is 0 Å². The zero-order valence-corrected chi connectivity index (χ0v) is 16.5. The Hall–Kier alpha value is -2.22. The highest BCUT2D eigenvalue weighted by Crippen LogP contribution is 2.21. The Labute approximate surface area is 161 Å². The molecule has 148 valence electrons. The first-order valence-electron chi connectivity index (χ1n) is 9.73. The summed E-state index contributed by atoms with van der Waals surface area (Å²) in [5.41, 5.74) is 0. The van der Waals surface area contributed by atoms with Crippen molar-refractivity contribution in [2.45, 2.75) is 25.8 Å². The second-order valence-electron chi connectivity index (χ2n) is 7.58. The zero-order chi connectivity index (χ0) is 19.4. The van der Waals surface area contributed by atoms with Gasteiger partial charge in [0.1, 0.15) is 0 Å². The average Bonchev–Trinajstić information content (AvgIpc) is 2.73. The van der Waals surface area contributed by atoms with Crippen LogP contribution in [0.2, 0.25) is 0 Å². The third-order valence-electron chi connectivity index (χ3n) is 5.65. The van der Waals surface area contributed by atoms with Crippen LogP contribution in [0, 0.1) is 5.92 Å². The minimum atomic E-state index is -0.139. The Morgan fingerprint density at radius 3 is 2.19 bits per heavy atom. The highest BCUT2D eigenvalue weighted by Gasteiger charge is 2.33. The Morgan fingerprint density at radius 2 is 1.63 bits per heavy atom. The first-order chi connectivity index (χ1) is 13.0. The Kier molecular flexibility index (Phi) is 6.26. The topological polar surface area (TPSA) is 72.9 Å². The van der Waals surface area contributed by atoms with Gasteiger partial charge in [-0.3, -0.25) is 14.5 Å². The molecule has 8 nitrogen and oxygen atoms in total. The first kappa shape index (κ1) is 19.5. The minimum Gasteiger partial charge on any atom is -0.349 e. The Balaban J connectivity index is 1.48. The van der Waals surface area contributed by atoms with Crippen molar-refractivity contribution in [3.05, 3.63) is 18.5 Å². The molecule has 0 N–H and O–H groups in total. The lowest BCUT2D eigenvalue weighted by molar-refractivity contribution is -0.138. The van der Waals surface area contributed by atoms with E-state index in [4.69, 9.17) is 0 Å². The molecule has 0 saturated carbocycles. The van der Waals surface area contributed by atoms with Crippen molar-refractivity contribution < 1.29 is 9.59 Å². The van der Waals surface area contributed by atoms with E-state index < -0.39 is 0 Å². The number of piperazine rings is 1. The number of nitrogens with zero attached hydrogens (tertiary/aromatic N) is 6. The van der Waals surface area contributed by atoms with Gasteiger partial charge in [-0.1, -0.05) is 0 Å². The average molecular weight is 374 g/mol. The normalized spacial score (nSPS) is 20.4. The van der Waals surface area contributed by atoms with Crippen LogP contribution in [0.5, 0.6) is 0 Å². The monoisotopic (exact) mass is 374 g/mol. The van der Waals surface area contributed by atoms with Crippen LogP contribution in [-0.4, -0.2) is 95.9 Å². The van der Waals surface area contributed by atoms with Crippen molar-refractivity contribution in [1.82, 2.24) is 24.7 Å². The molecule has 2 amide bonds. The molecule has 2 saturated heterocycles. The van der Waals surface area contributed by atoms with E-state index in [2.05, 4.69) is 19.8 Å². The molecule has 27 heavy (non-hydrogen) atoms. The molecule has 2 fully saturated rings. The van der Waals surface area contributed by atoms with Crippen molar-refractivity contribution in [2.24, 2.45) is 5.92 Å². The van der Waals surface area contributed by atoms with Gasteiger partial charge in [0.15, 0.2) is 0 Å². The summed E-state index contributed by atoms with van der Waals surface area (Å²) in [6, 6.07) is 1.67. The summed E-state index contributed by atoms with van der Waals surface area (Å²) < 4.78 is 0. The molecule has 0 radical (unpaired) electrons. The predicted octanol–water partition coefficient (Wildman–Crippen LogP) is 0.314. The maximum Gasteiger partial charge on any atom is 0.239 e. The number of carbonyl (C=O) groups excluding carboxylic acids is 2. The summed E-state index contributed by atoms with van der Waals surface area (Å²) >= 11 is 0. The van der Waals surface area contributed by atoms with Gasteiger partial charge in [0.2, 0.25) is 17.8 Å². The molecule has 2 aliphatic rings. The van der Waals surface area contributed by atoms with Gasteiger partial charge >= 0.3 is 0 Å². The van der Waals surface area contributed by atoms with Crippen LogP contribution in [0.15, 0.2) is 18.5 Å². The lowest BCUT2D eigenvalue weighted by Gasteiger charge is -2.40. The number of carbonyl (C=O) groups is 2. The Morgan fingerprint density at radius 1 is 1.04 bits per heavy atom. The van der Waals surface area contributed by atoms with E-state index in [1.807, 2.05) is 11.8 Å². The maximum absolute atomic E-state index is 12.9. The molecular weight excluding hydrogens is 344 g/mol. The van der Waals surface area contributed by atoms with Crippen LogP contribution in [0.3, 0.4) is 0 Å². The standard InChI is InChI=1S/C19H30N6O2/c1-15(23-9-5-16(6-10-23)18(27)22(2)3)17(26)24-11-13-25(14-12-24)19-20-7-4-8-21-19/h4,7-8,15-16H,5-6,9-14H2,1-3H3. The van der Waals surface area contributed by atoms with Gasteiger partial charge in [0.25, 0.3) is 0 Å². The molecule has 0 aromatic carbocycles. The third kappa shape index (κ3) is 4.55. The molecule has 8 heteroatoms. The summed E-state index contributed by atoms with van der Waals surface area (Å²) in [4.78, 5) is 41.6. The molecule has 0 bridgehead atoms. The fraction of sp³-hybridized carbons (Fsp3) is 0.684. The van der Waals surface area contributed by atoms with Crippen LogP contribution in [0.4, 0.5) is 5.95 Å². The van der Waals surface area contributed by atoms with Crippen molar-refractivity contribution >= 4 is 17.8 Å². The fourth-order valence-electron chi connectivity index (χ4n) is 3.90. The van der Waals surface area contributed by atoms with Crippen LogP contribution in [0.25, 0.3) is 0 Å². The van der Waals surface area contributed by atoms with Crippen molar-refractivity contribution in [1.29, 1.82) is 0 Å². The number of amides is 2. The fourth-order valence-corrected chi connectivity index (χ4v) is 3.90. The van der Waals surface area contributed by atoms with Crippen LogP contribution in [-0.2, 0) is 9.59 Å². The largest absolute Gasteiger partial charge is 0.349 e. The van der Waals surface area contributed by atoms with E-state index in [1.54, 1.807) is 37.5 Å². The van der Waals surface area contributed by atoms with Crippen LogP contribution < -0.4 is 4.90 Å². The minimum absolute atomic E-state index is 0.0907. The molecule has 1 atom stereocenters. The third-order valence-corrected chi connectivity index (χ3v) is 5.65. The molecule has 0 spiro atoms. The molecule has 1 aromatic heterocycles. The molecule has 2 aliphatic heterocycles. The van der Waals surface area contributed by atoms with Gasteiger partial charge in [-0.2, -0.15) is 0 Å². The predicted molar refractivity (Wildman–Crippen MR) is 103 cm³/mol. The number of likely N-dealkylation sites (tertiary alicyclic amines) is 1. The summed E-state index contributed by atoms with van der Waals surface area (Å²) in [5, 5.41) is 0. The zero-order valence-electron chi connectivity index (χ0n) is 16.5. The summed E-state index contributed by atoms with van der Waals surface area (Å²) in [6.45, 7) is 6.48. The summed E-state index contributed by atoms with van der Waals surface area (Å²) in [7, 11) is 3.61. The molecule has 1 unspecified atom stereocenters. The molecular formula is C19H30N6O2. The van der Waals surface area contributed by atoms with Gasteiger partial charge in [0.05, 0.1) is 6.04 Å². The highest BCUT2D eigenvalue weighted by molar-refractivity contribution is 5.82. The second-order valence-corrected chi connectivity index (χ2v) is 7.58. The van der Waals surface area contributed by atoms with E-state index in [1.165, 1.54) is 0 Å². The molecule has 1 aromatic rings. The number of aromatic nitrogens is 2. The van der Waals surface area contributed by atoms with Crippen molar-refractivity contribution in [3.8, 4) is 0 Å². The van der Waals surface area contributed by atoms with E-state index >= 15 is 0 Å². The lowest BCUT2D eigenvalue weighted by Crippen LogP contribution is -2.55. The quantitative estimate of drug-likeness (QED) is 0.756. The first-order valence-corrected chi connectivity index (χ1v) is 9.73. The van der Waals surface area contributed by atoms with E-state index in [-0.39, 0.29) is 23.8 Å². The maximum atomic E-state index is 12.9. The highest BCUT2D eigenvalue weighted by atomic mass is 16.2. The number of rotatable bonds is 4. The second kappa shape index (κ2) is 8.65. The Bertz CT molecular complexity index is 637. The van der Waals surface area contributed by atoms with Gasteiger partial charge < -0.3 is 14.7 Å². The smallest absolute Gasteiger partial charge is 0.239 e. The number of hydrogen-bond donors (Lipinski definition) is 0. The summed E-state index contributed by atoms with van der Waals surface area (Å²) in [5.74, 6) is 1.20. The van der Waals surface area contributed by atoms with Crippen molar-refractivity contribution in [2.75, 3.05) is 58.3 Å². The van der Waals surface area contributed by atoms with Gasteiger partial charge in [-0.05, 0) is 38.9 Å². The van der Waals surface area contributed by atoms with E-state index in [0.717, 1.165) is 45.0 Å². The van der Waals surface area contributed by atoms with Crippen LogP contribution >= 0.6 is 0 Å².